The minimum absolute atomic E-state index is 0.0101. The van der Waals surface area contributed by atoms with Gasteiger partial charge in [0.25, 0.3) is 0 Å². The number of carbonyl (C=O) groups excluding carboxylic acids is 8. The van der Waals surface area contributed by atoms with Crippen molar-refractivity contribution in [3.8, 4) is 0 Å². The molecule has 32 heteroatoms. The molecule has 1 rings (SSSR count). The van der Waals surface area contributed by atoms with Crippen LogP contribution in [0, 0.1) is 0 Å². The van der Waals surface area contributed by atoms with Gasteiger partial charge in [0.2, 0.25) is 47.3 Å². The number of aliphatic hydroxyl groups is 4. The van der Waals surface area contributed by atoms with Gasteiger partial charge in [0, 0.05) is 25.9 Å². The van der Waals surface area contributed by atoms with Gasteiger partial charge in [-0.1, -0.05) is 70.6 Å². The number of hydrogen-bond acceptors (Lipinski definition) is 21. The Kier molecular flexibility index (Phi) is 42.9. The number of unbranched alkanes of at least 4 members (excludes halogenated alkanes) is 14. The highest BCUT2D eigenvalue weighted by molar-refractivity contribution is 5.96. The van der Waals surface area contributed by atoms with Crippen molar-refractivity contribution in [2.75, 3.05) is 92.6 Å². The fourth-order valence-electron chi connectivity index (χ4n) is 8.38. The average Bonchev–Trinajstić information content (AvgIpc) is 4.02. The third kappa shape index (κ3) is 36.9. The van der Waals surface area contributed by atoms with Gasteiger partial charge in [0.05, 0.1) is 59.3 Å². The van der Waals surface area contributed by atoms with E-state index >= 15 is 0 Å². The maximum absolute atomic E-state index is 13.6. The first-order valence-electron chi connectivity index (χ1n) is 28.9. The lowest BCUT2D eigenvalue weighted by Gasteiger charge is -2.26. The van der Waals surface area contributed by atoms with E-state index in [1.54, 1.807) is 0 Å². The number of primary amides is 1. The smallest absolute Gasteiger partial charge is 0.317 e. The minimum Gasteiger partial charge on any atom is -0.480 e. The largest absolute Gasteiger partial charge is 0.480 e. The number of aryl methyl sites for hydroxylation is 1. The van der Waals surface area contributed by atoms with Crippen LogP contribution in [-0.2, 0) is 63.8 Å². The molecule has 0 aliphatic carbocycles. The lowest BCUT2D eigenvalue weighted by Crippen LogP contribution is -2.61. The Morgan fingerprint density at radius 1 is 0.512 bits per heavy atom. The Morgan fingerprint density at radius 2 is 0.952 bits per heavy atom. The molecule has 1 heterocycles. The number of aromatic nitrogens is 4. The summed E-state index contributed by atoms with van der Waals surface area (Å²) in [5.74, 6) is -8.49. The number of nitrogens with one attached hydrogen (secondary N) is 9. The highest BCUT2D eigenvalue weighted by atomic mass is 16.5. The van der Waals surface area contributed by atoms with Gasteiger partial charge in [-0.15, -0.1) is 5.10 Å². The van der Waals surface area contributed by atoms with E-state index in [9.17, 15) is 68.4 Å². The molecule has 480 valence electrons. The monoisotopic (exact) mass is 1200 g/mol. The van der Waals surface area contributed by atoms with Crippen LogP contribution in [0.5, 0.6) is 0 Å². The molecule has 0 aliphatic heterocycles. The summed E-state index contributed by atoms with van der Waals surface area (Å²) in [4.78, 5) is 126. The molecule has 0 aliphatic rings. The quantitative estimate of drug-likeness (QED) is 0.0275. The fourth-order valence-corrected chi connectivity index (χ4v) is 8.38. The first-order valence-corrected chi connectivity index (χ1v) is 28.9. The number of aliphatic hydroxyl groups excluding tert-OH is 4. The summed E-state index contributed by atoms with van der Waals surface area (Å²) in [5, 5.41) is 90.8. The lowest BCUT2D eigenvalue weighted by atomic mass is 10.0. The zero-order valence-electron chi connectivity index (χ0n) is 48.5. The predicted octanol–water partition coefficient (Wildman–Crippen LogP) is -4.25. The molecule has 1 aromatic rings. The molecule has 17 N–H and O–H groups in total. The third-order valence-electron chi connectivity index (χ3n) is 13.1. The SMILES string of the molecule is CN[C@@H](CO)C(=O)N[C@@H](CO)C(=O)N[C@@H](CCCCN(CC(=O)O)CC(=O)O)C(=O)N[C@@H](CO)C(=O)N[C@@H](CO)C(=O)N[C@@H](CCCCNC(=O)COCCOCCNC(=O)CCCCCCCCCCCCCCCc1nnn[nH]1)C(N)=O. The van der Waals surface area contributed by atoms with E-state index < -0.39 is 129 Å². The zero-order chi connectivity index (χ0) is 62.3. The number of hydrogen-bond donors (Lipinski definition) is 16. The minimum atomic E-state index is -1.82. The van der Waals surface area contributed by atoms with Gasteiger partial charge >= 0.3 is 11.9 Å². The number of tetrazole rings is 1. The molecule has 0 radical (unpaired) electrons. The van der Waals surface area contributed by atoms with Gasteiger partial charge in [-0.3, -0.25) is 52.8 Å². The van der Waals surface area contributed by atoms with Crippen LogP contribution in [0.1, 0.15) is 134 Å². The fraction of sp³-hybridized carbons (Fsp3) is 0.788. The first kappa shape index (κ1) is 75.5. The number of nitrogens with zero attached hydrogens (tertiary/aromatic N) is 4. The van der Waals surface area contributed by atoms with Crippen LogP contribution in [0.4, 0.5) is 0 Å². The lowest BCUT2D eigenvalue weighted by molar-refractivity contribution is -0.142. The first-order chi connectivity index (χ1) is 40.4. The van der Waals surface area contributed by atoms with Crippen molar-refractivity contribution in [3.05, 3.63) is 5.82 Å². The molecule has 0 bridgehead atoms. The van der Waals surface area contributed by atoms with E-state index in [1.165, 1.54) is 64.8 Å². The molecule has 84 heavy (non-hydrogen) atoms. The molecule has 0 saturated carbocycles. The number of likely N-dealkylation sites (N-methyl/N-ethyl adjacent to an activating group) is 1. The Balaban J connectivity index is 2.43. The maximum Gasteiger partial charge on any atom is 0.317 e. The van der Waals surface area contributed by atoms with Gasteiger partial charge in [-0.2, -0.15) is 0 Å². The van der Waals surface area contributed by atoms with Crippen LogP contribution in [0.3, 0.4) is 0 Å². The van der Waals surface area contributed by atoms with Gasteiger partial charge in [0.1, 0.15) is 48.7 Å². The van der Waals surface area contributed by atoms with Crippen LogP contribution in [-0.4, -0.2) is 244 Å². The van der Waals surface area contributed by atoms with Crippen LogP contribution in [0.25, 0.3) is 0 Å². The number of aromatic amines is 1. The van der Waals surface area contributed by atoms with Crippen LogP contribution in [0.15, 0.2) is 0 Å². The number of rotatable bonds is 54. The maximum atomic E-state index is 13.6. The number of ether oxygens (including phenoxy) is 2. The van der Waals surface area contributed by atoms with Crippen molar-refractivity contribution in [1.29, 1.82) is 0 Å². The second kappa shape index (κ2) is 47.8. The zero-order valence-corrected chi connectivity index (χ0v) is 48.5. The molecule has 32 nitrogen and oxygen atoms in total. The van der Waals surface area contributed by atoms with Crippen molar-refractivity contribution in [1.82, 2.24) is 68.1 Å². The van der Waals surface area contributed by atoms with Gasteiger partial charge in [0.15, 0.2) is 0 Å². The summed E-state index contributed by atoms with van der Waals surface area (Å²) in [6.07, 6.45) is 17.2. The van der Waals surface area contributed by atoms with Crippen molar-refractivity contribution < 1.29 is 88.1 Å². The summed E-state index contributed by atoms with van der Waals surface area (Å²) in [6.45, 7) is -4.14. The molecule has 8 amide bonds. The molecular weight excluding hydrogens is 1110 g/mol. The normalized spacial score (nSPS) is 13.4. The second-order valence-electron chi connectivity index (χ2n) is 20.1. The number of amides is 8. The Hall–Kier alpha value is -6.55. The van der Waals surface area contributed by atoms with E-state index in [4.69, 9.17) is 25.4 Å². The highest BCUT2D eigenvalue weighted by Gasteiger charge is 2.32. The number of nitrogens with two attached hydrogens (primary N) is 1. The summed E-state index contributed by atoms with van der Waals surface area (Å²) in [5.41, 5.74) is 5.51. The van der Waals surface area contributed by atoms with Crippen molar-refractivity contribution >= 4 is 59.2 Å². The van der Waals surface area contributed by atoms with Crippen molar-refractivity contribution in [3.63, 3.8) is 0 Å². The molecule has 0 spiro atoms. The number of aliphatic carboxylic acids is 2. The van der Waals surface area contributed by atoms with Crippen molar-refractivity contribution in [2.45, 2.75) is 171 Å². The number of carboxylic acid groups (broad SMARTS) is 2. The molecule has 1 aromatic heterocycles. The molecule has 6 atom stereocenters. The van der Waals surface area contributed by atoms with Crippen LogP contribution >= 0.6 is 0 Å². The number of carboxylic acids is 2. The Labute approximate surface area is 489 Å². The number of H-pyrrole nitrogens is 1. The molecule has 0 unspecified atom stereocenters. The van der Waals surface area contributed by atoms with E-state index in [1.807, 2.05) is 0 Å². The predicted molar refractivity (Wildman–Crippen MR) is 300 cm³/mol. The summed E-state index contributed by atoms with van der Waals surface area (Å²) >= 11 is 0. The van der Waals surface area contributed by atoms with Gasteiger partial charge in [-0.25, -0.2) is 5.10 Å². The molecular formula is C52H94N14O18. The van der Waals surface area contributed by atoms with E-state index in [0.29, 0.717) is 19.4 Å². The van der Waals surface area contributed by atoms with Crippen LogP contribution in [0.2, 0.25) is 0 Å². The van der Waals surface area contributed by atoms with Gasteiger partial charge < -0.3 is 88.4 Å². The second-order valence-corrected chi connectivity index (χ2v) is 20.1. The standard InChI is InChI=1S/C52H94N14O18/c1-54-38(31-67)49(79)60-40(33-69)51(81)58-37(20-16-18-25-66(29-45(73)74)30-46(75)76)48(78)59-41(34-70)52(82)61-39(32-68)50(80)57-36(47(53)77)19-15-17-23-55-44(72)35-84-28-27-83-26-24-56-43(71)22-14-12-10-8-6-4-2-3-5-7-9-11-13-21-42-62-64-65-63-42/h36-41,54,67-70H,2-35H2,1H3,(H2,53,77)(H,55,72)(H,56,71)(H,57,80)(H,58,81)(H,59,78)(H,60,79)(H,61,82)(H,73,74)(H,75,76)(H,62,63,64,65)/t36-,37-,38-,39-,40-,41-/m0/s1. The summed E-state index contributed by atoms with van der Waals surface area (Å²) < 4.78 is 10.8. The van der Waals surface area contributed by atoms with Crippen molar-refractivity contribution in [2.24, 2.45) is 5.73 Å². The molecule has 0 saturated heterocycles. The van der Waals surface area contributed by atoms with Gasteiger partial charge in [-0.05, 0) is 75.4 Å². The van der Waals surface area contributed by atoms with E-state index in [2.05, 4.69) is 63.2 Å². The molecule has 0 aromatic carbocycles. The summed E-state index contributed by atoms with van der Waals surface area (Å²) in [7, 11) is 1.35. The highest BCUT2D eigenvalue weighted by Crippen LogP contribution is 2.14. The van der Waals surface area contributed by atoms with E-state index in [0.717, 1.165) is 42.8 Å². The Bertz CT molecular complexity index is 2040. The molecule has 0 fully saturated rings. The average molecular weight is 1200 g/mol. The summed E-state index contributed by atoms with van der Waals surface area (Å²) in [6, 6.07) is -9.25. The van der Waals surface area contributed by atoms with E-state index in [-0.39, 0.29) is 77.5 Å². The number of carbonyl (C=O) groups is 10. The third-order valence-corrected chi connectivity index (χ3v) is 13.1. The topological polar surface area (TPSA) is 490 Å². The Morgan fingerprint density at radius 3 is 1.44 bits per heavy atom. The van der Waals surface area contributed by atoms with Crippen LogP contribution < -0.4 is 48.3 Å².